The van der Waals surface area contributed by atoms with Gasteiger partial charge in [0.2, 0.25) is 0 Å². The van der Waals surface area contributed by atoms with Crippen LogP contribution in [0.4, 0.5) is 4.39 Å². The molecule has 0 N–H and O–H groups in total. The molecule has 0 heterocycles. The predicted molar refractivity (Wildman–Crippen MR) is 55.7 cm³/mol. The third-order valence-electron chi connectivity index (χ3n) is 1.79. The normalized spacial score (nSPS) is 11.6. The maximum atomic E-state index is 12.8. The number of halogens is 2. The molecule has 0 bridgehead atoms. The summed E-state index contributed by atoms with van der Waals surface area (Å²) in [5.74, 6) is -0.492. The Morgan fingerprint density at radius 1 is 1.43 bits per heavy atom. The lowest BCUT2D eigenvalue weighted by molar-refractivity contribution is -0.112. The lowest BCUT2D eigenvalue weighted by atomic mass is 10.1. The third-order valence-corrected chi connectivity index (χ3v) is 2.08. The van der Waals surface area contributed by atoms with Crippen LogP contribution in [0.5, 0.6) is 0 Å². The minimum absolute atomic E-state index is 0.0389. The van der Waals surface area contributed by atoms with E-state index < -0.39 is 5.82 Å². The number of ketones is 1. The number of hydrogen-bond acceptors (Lipinski definition) is 1. The van der Waals surface area contributed by atoms with Gasteiger partial charge in [-0.2, -0.15) is 0 Å². The molecule has 0 saturated heterocycles. The molecule has 0 radical (unpaired) electrons. The minimum atomic E-state index is -0.453. The number of hydrogen-bond donors (Lipinski definition) is 0. The topological polar surface area (TPSA) is 17.1 Å². The van der Waals surface area contributed by atoms with E-state index in [1.807, 2.05) is 0 Å². The summed E-state index contributed by atoms with van der Waals surface area (Å²) >= 11 is 5.61. The highest BCUT2D eigenvalue weighted by Gasteiger charge is 2.02. The first kappa shape index (κ1) is 10.9. The quantitative estimate of drug-likeness (QED) is 0.686. The summed E-state index contributed by atoms with van der Waals surface area (Å²) in [6, 6.07) is 4.39. The fraction of sp³-hybridized carbons (Fsp3) is 0.182. The fourth-order valence-corrected chi connectivity index (χ4v) is 1.31. The van der Waals surface area contributed by atoms with Crippen molar-refractivity contribution in [3.05, 3.63) is 40.7 Å². The minimum Gasteiger partial charge on any atom is -0.295 e. The van der Waals surface area contributed by atoms with Crippen LogP contribution in [0.2, 0.25) is 5.02 Å². The van der Waals surface area contributed by atoms with Gasteiger partial charge < -0.3 is 0 Å². The van der Waals surface area contributed by atoms with Crippen molar-refractivity contribution in [3.63, 3.8) is 0 Å². The molecule has 1 aromatic rings. The molecular weight excluding hydrogens is 203 g/mol. The Morgan fingerprint density at radius 2 is 2.07 bits per heavy atom. The van der Waals surface area contributed by atoms with Crippen molar-refractivity contribution in [1.29, 1.82) is 0 Å². The molecule has 1 aromatic carbocycles. The van der Waals surface area contributed by atoms with E-state index in [9.17, 15) is 9.18 Å². The van der Waals surface area contributed by atoms with Crippen LogP contribution < -0.4 is 0 Å². The van der Waals surface area contributed by atoms with Crippen LogP contribution in [0.1, 0.15) is 19.4 Å². The lowest BCUT2D eigenvalue weighted by Gasteiger charge is -2.01. The summed E-state index contributed by atoms with van der Waals surface area (Å²) in [6.07, 6.45) is 1.49. The van der Waals surface area contributed by atoms with E-state index in [1.54, 1.807) is 13.0 Å². The molecule has 74 valence electrons. The van der Waals surface area contributed by atoms with Crippen LogP contribution in [-0.2, 0) is 4.79 Å². The fourth-order valence-electron chi connectivity index (χ4n) is 1.13. The lowest BCUT2D eigenvalue weighted by Crippen LogP contribution is -1.87. The number of carbonyl (C=O) groups is 1. The molecule has 0 aliphatic rings. The van der Waals surface area contributed by atoms with Crippen molar-refractivity contribution < 1.29 is 9.18 Å². The van der Waals surface area contributed by atoms with Gasteiger partial charge in [0.05, 0.1) is 5.02 Å². The zero-order valence-corrected chi connectivity index (χ0v) is 8.73. The molecule has 0 aromatic heterocycles. The van der Waals surface area contributed by atoms with Crippen LogP contribution in [0.15, 0.2) is 24.3 Å². The molecule has 0 unspecified atom stereocenters. The molecule has 0 spiro atoms. The van der Waals surface area contributed by atoms with Gasteiger partial charge in [-0.1, -0.05) is 17.7 Å². The average molecular weight is 213 g/mol. The van der Waals surface area contributed by atoms with Gasteiger partial charge in [-0.25, -0.2) is 4.39 Å². The van der Waals surface area contributed by atoms with Gasteiger partial charge in [-0.3, -0.25) is 4.79 Å². The zero-order chi connectivity index (χ0) is 10.7. The number of allylic oxidation sites excluding steroid dienone is 2. The number of carbonyl (C=O) groups excluding carboxylic acids is 1. The van der Waals surface area contributed by atoms with Crippen molar-refractivity contribution >= 4 is 23.0 Å². The van der Waals surface area contributed by atoms with Crippen molar-refractivity contribution in [2.24, 2.45) is 0 Å². The first-order chi connectivity index (χ1) is 6.50. The van der Waals surface area contributed by atoms with Crippen LogP contribution in [0, 0.1) is 5.82 Å². The van der Waals surface area contributed by atoms with Crippen molar-refractivity contribution in [3.8, 4) is 0 Å². The SMILES string of the molecule is CC(=O)/C=C(/C)c1ccc(F)c(Cl)c1. The maximum absolute atomic E-state index is 12.8. The van der Waals surface area contributed by atoms with E-state index >= 15 is 0 Å². The summed E-state index contributed by atoms with van der Waals surface area (Å²) in [4.78, 5) is 10.8. The first-order valence-electron chi connectivity index (χ1n) is 4.15. The first-order valence-corrected chi connectivity index (χ1v) is 4.53. The van der Waals surface area contributed by atoms with Gasteiger partial charge >= 0.3 is 0 Å². The van der Waals surface area contributed by atoms with Crippen LogP contribution in [0.3, 0.4) is 0 Å². The Balaban J connectivity index is 3.09. The molecular formula is C11H10ClFO. The van der Waals surface area contributed by atoms with E-state index in [2.05, 4.69) is 0 Å². The van der Waals surface area contributed by atoms with Gasteiger partial charge in [0.25, 0.3) is 0 Å². The highest BCUT2D eigenvalue weighted by molar-refractivity contribution is 6.30. The second-order valence-corrected chi connectivity index (χ2v) is 3.47. The van der Waals surface area contributed by atoms with Crippen LogP contribution in [0.25, 0.3) is 5.57 Å². The second kappa shape index (κ2) is 4.38. The standard InChI is InChI=1S/C11H10ClFO/c1-7(5-8(2)14)9-3-4-11(13)10(12)6-9/h3-6H,1-2H3/b7-5-. The highest BCUT2D eigenvalue weighted by atomic mass is 35.5. The van der Waals surface area contributed by atoms with Crippen molar-refractivity contribution in [2.75, 3.05) is 0 Å². The summed E-state index contributed by atoms with van der Waals surface area (Å²) in [5.41, 5.74) is 1.53. The van der Waals surface area contributed by atoms with E-state index in [4.69, 9.17) is 11.6 Å². The number of benzene rings is 1. The molecule has 0 fully saturated rings. The number of rotatable bonds is 2. The van der Waals surface area contributed by atoms with E-state index in [1.165, 1.54) is 25.1 Å². The monoisotopic (exact) mass is 212 g/mol. The maximum Gasteiger partial charge on any atom is 0.152 e. The van der Waals surface area contributed by atoms with E-state index in [0.717, 1.165) is 11.1 Å². The average Bonchev–Trinajstić information content (AvgIpc) is 2.08. The largest absolute Gasteiger partial charge is 0.295 e. The second-order valence-electron chi connectivity index (χ2n) is 3.07. The Morgan fingerprint density at radius 3 is 2.57 bits per heavy atom. The predicted octanol–water partition coefficient (Wildman–Crippen LogP) is 3.47. The third kappa shape index (κ3) is 2.67. The zero-order valence-electron chi connectivity index (χ0n) is 7.97. The molecule has 14 heavy (non-hydrogen) atoms. The van der Waals surface area contributed by atoms with Gasteiger partial charge in [-0.15, -0.1) is 0 Å². The van der Waals surface area contributed by atoms with Crippen molar-refractivity contribution in [1.82, 2.24) is 0 Å². The molecule has 0 saturated carbocycles. The van der Waals surface area contributed by atoms with Crippen LogP contribution in [-0.4, -0.2) is 5.78 Å². The van der Waals surface area contributed by atoms with Crippen LogP contribution >= 0.6 is 11.6 Å². The molecule has 0 atom stereocenters. The molecule has 1 rings (SSSR count). The summed E-state index contributed by atoms with van der Waals surface area (Å²) in [5, 5.41) is 0.0683. The molecule has 3 heteroatoms. The Bertz CT molecular complexity index is 396. The van der Waals surface area contributed by atoms with E-state index in [0.29, 0.717) is 0 Å². The molecule has 0 aliphatic carbocycles. The van der Waals surface area contributed by atoms with Gasteiger partial charge in [0, 0.05) is 0 Å². The Labute approximate surface area is 87.2 Å². The highest BCUT2D eigenvalue weighted by Crippen LogP contribution is 2.21. The summed E-state index contributed by atoms with van der Waals surface area (Å²) in [6.45, 7) is 3.25. The van der Waals surface area contributed by atoms with Crippen molar-refractivity contribution in [2.45, 2.75) is 13.8 Å². The Kier molecular flexibility index (Phi) is 3.42. The molecule has 1 nitrogen and oxygen atoms in total. The Hall–Kier alpha value is -1.15. The van der Waals surface area contributed by atoms with Gasteiger partial charge in [-0.05, 0) is 43.2 Å². The van der Waals surface area contributed by atoms with Gasteiger partial charge in [0.1, 0.15) is 5.82 Å². The summed E-state index contributed by atoms with van der Waals surface area (Å²) < 4.78 is 12.8. The molecule has 0 amide bonds. The smallest absolute Gasteiger partial charge is 0.152 e. The summed E-state index contributed by atoms with van der Waals surface area (Å²) in [7, 11) is 0. The molecule has 0 aliphatic heterocycles. The van der Waals surface area contributed by atoms with Gasteiger partial charge in [0.15, 0.2) is 5.78 Å². The van der Waals surface area contributed by atoms with E-state index in [-0.39, 0.29) is 10.8 Å².